The molecule has 1 aromatic heterocycles. The fourth-order valence-electron chi connectivity index (χ4n) is 1.98. The quantitative estimate of drug-likeness (QED) is 0.823. The fourth-order valence-corrected chi connectivity index (χ4v) is 2.94. The zero-order chi connectivity index (χ0) is 15.1. The van der Waals surface area contributed by atoms with Gasteiger partial charge >= 0.3 is 0 Å². The molecule has 4 heteroatoms. The van der Waals surface area contributed by atoms with Crippen LogP contribution in [-0.2, 0) is 11.3 Å². The third-order valence-electron chi connectivity index (χ3n) is 3.24. The molecular weight excluding hydrogens is 280 g/mol. The first-order valence-electron chi connectivity index (χ1n) is 7.36. The maximum Gasteiger partial charge on any atom is 0.236 e. The average molecular weight is 302 g/mol. The van der Waals surface area contributed by atoms with Gasteiger partial charge in [-0.2, -0.15) is 0 Å². The minimum absolute atomic E-state index is 0.0664. The standard InChI is InChI=1S/C17H22N2OS/c1-3-11-18-17(20)13(2)19-12-15-9-10-16(21-15)14-7-5-4-6-8-14/h4-10,13,19H,3,11-12H2,1-2H3,(H,18,20). The van der Waals surface area contributed by atoms with E-state index in [4.69, 9.17) is 0 Å². The molecule has 0 radical (unpaired) electrons. The Kier molecular flexibility index (Phi) is 5.96. The van der Waals surface area contributed by atoms with Crippen LogP contribution in [0.2, 0.25) is 0 Å². The first-order chi connectivity index (χ1) is 10.2. The Labute approximate surface area is 130 Å². The summed E-state index contributed by atoms with van der Waals surface area (Å²) >= 11 is 1.76. The number of amides is 1. The van der Waals surface area contributed by atoms with Crippen LogP contribution in [0.4, 0.5) is 0 Å². The molecule has 2 N–H and O–H groups in total. The topological polar surface area (TPSA) is 41.1 Å². The molecule has 0 fully saturated rings. The van der Waals surface area contributed by atoms with Crippen molar-refractivity contribution in [1.29, 1.82) is 0 Å². The summed E-state index contributed by atoms with van der Waals surface area (Å²) in [6.45, 7) is 5.41. The van der Waals surface area contributed by atoms with Gasteiger partial charge in [-0.25, -0.2) is 0 Å². The number of hydrogen-bond donors (Lipinski definition) is 2. The lowest BCUT2D eigenvalue weighted by Crippen LogP contribution is -2.41. The molecule has 0 aliphatic carbocycles. The van der Waals surface area contributed by atoms with Crippen molar-refractivity contribution in [2.45, 2.75) is 32.9 Å². The average Bonchev–Trinajstić information content (AvgIpc) is 3.00. The summed E-state index contributed by atoms with van der Waals surface area (Å²) < 4.78 is 0. The van der Waals surface area contributed by atoms with E-state index in [0.717, 1.165) is 19.5 Å². The minimum Gasteiger partial charge on any atom is -0.355 e. The highest BCUT2D eigenvalue weighted by Crippen LogP contribution is 2.27. The lowest BCUT2D eigenvalue weighted by Gasteiger charge is -2.12. The molecule has 0 bridgehead atoms. The first-order valence-corrected chi connectivity index (χ1v) is 8.17. The highest BCUT2D eigenvalue weighted by molar-refractivity contribution is 7.15. The van der Waals surface area contributed by atoms with Gasteiger partial charge in [-0.05, 0) is 31.0 Å². The van der Waals surface area contributed by atoms with Crippen LogP contribution in [-0.4, -0.2) is 18.5 Å². The van der Waals surface area contributed by atoms with Crippen molar-refractivity contribution in [2.75, 3.05) is 6.54 Å². The van der Waals surface area contributed by atoms with E-state index < -0.39 is 0 Å². The van der Waals surface area contributed by atoms with Crippen molar-refractivity contribution in [3.63, 3.8) is 0 Å². The Hall–Kier alpha value is -1.65. The highest BCUT2D eigenvalue weighted by Gasteiger charge is 2.11. The second kappa shape index (κ2) is 7.96. The third kappa shape index (κ3) is 4.69. The van der Waals surface area contributed by atoms with Crippen molar-refractivity contribution in [3.05, 3.63) is 47.3 Å². The predicted octanol–water partition coefficient (Wildman–Crippen LogP) is 3.42. The van der Waals surface area contributed by atoms with Crippen molar-refractivity contribution in [3.8, 4) is 10.4 Å². The number of rotatable bonds is 7. The Morgan fingerprint density at radius 1 is 1.19 bits per heavy atom. The summed E-state index contributed by atoms with van der Waals surface area (Å²) in [6, 6.07) is 14.4. The first kappa shape index (κ1) is 15.7. The molecule has 1 unspecified atom stereocenters. The van der Waals surface area contributed by atoms with E-state index in [1.54, 1.807) is 11.3 Å². The number of carbonyl (C=O) groups is 1. The Morgan fingerprint density at radius 2 is 1.95 bits per heavy atom. The molecule has 112 valence electrons. The molecule has 0 saturated heterocycles. The number of benzene rings is 1. The van der Waals surface area contributed by atoms with Crippen LogP contribution >= 0.6 is 11.3 Å². The SMILES string of the molecule is CCCNC(=O)C(C)NCc1ccc(-c2ccccc2)s1. The number of nitrogens with one attached hydrogen (secondary N) is 2. The minimum atomic E-state index is -0.168. The van der Waals surface area contributed by atoms with E-state index in [0.29, 0.717) is 0 Å². The van der Waals surface area contributed by atoms with Crippen LogP contribution < -0.4 is 10.6 Å². The molecule has 1 aromatic carbocycles. The molecule has 0 aliphatic rings. The normalized spacial score (nSPS) is 12.1. The zero-order valence-electron chi connectivity index (χ0n) is 12.6. The van der Waals surface area contributed by atoms with Crippen LogP contribution in [0.5, 0.6) is 0 Å². The van der Waals surface area contributed by atoms with Gasteiger partial charge in [0.2, 0.25) is 5.91 Å². The molecule has 0 spiro atoms. The maximum absolute atomic E-state index is 11.8. The molecule has 2 aromatic rings. The van der Waals surface area contributed by atoms with E-state index in [1.807, 2.05) is 25.1 Å². The largest absolute Gasteiger partial charge is 0.355 e. The molecule has 2 rings (SSSR count). The second-order valence-electron chi connectivity index (χ2n) is 5.03. The predicted molar refractivity (Wildman–Crippen MR) is 89.4 cm³/mol. The molecule has 21 heavy (non-hydrogen) atoms. The Morgan fingerprint density at radius 3 is 2.67 bits per heavy atom. The van der Waals surface area contributed by atoms with Crippen molar-refractivity contribution >= 4 is 17.2 Å². The van der Waals surface area contributed by atoms with E-state index in [-0.39, 0.29) is 11.9 Å². The number of carbonyl (C=O) groups excluding carboxylic acids is 1. The summed E-state index contributed by atoms with van der Waals surface area (Å²) in [4.78, 5) is 14.3. The smallest absolute Gasteiger partial charge is 0.236 e. The molecule has 0 aliphatic heterocycles. The van der Waals surface area contributed by atoms with Crippen LogP contribution in [0.3, 0.4) is 0 Å². The van der Waals surface area contributed by atoms with Gasteiger partial charge in [-0.15, -0.1) is 11.3 Å². The van der Waals surface area contributed by atoms with Crippen molar-refractivity contribution < 1.29 is 4.79 Å². The molecule has 0 saturated carbocycles. The molecule has 3 nitrogen and oxygen atoms in total. The van der Waals surface area contributed by atoms with Gasteiger partial charge in [0.25, 0.3) is 0 Å². The van der Waals surface area contributed by atoms with Gasteiger partial charge in [0, 0.05) is 22.8 Å². The van der Waals surface area contributed by atoms with Crippen LogP contribution in [0.1, 0.15) is 25.1 Å². The molecule has 1 amide bonds. The van der Waals surface area contributed by atoms with Gasteiger partial charge < -0.3 is 10.6 Å². The van der Waals surface area contributed by atoms with Gasteiger partial charge in [0.1, 0.15) is 0 Å². The van der Waals surface area contributed by atoms with Gasteiger partial charge in [0.15, 0.2) is 0 Å². The number of thiophene rings is 1. The zero-order valence-corrected chi connectivity index (χ0v) is 13.4. The van der Waals surface area contributed by atoms with Gasteiger partial charge in [-0.3, -0.25) is 4.79 Å². The van der Waals surface area contributed by atoms with Gasteiger partial charge in [-0.1, -0.05) is 37.3 Å². The monoisotopic (exact) mass is 302 g/mol. The molecular formula is C17H22N2OS. The maximum atomic E-state index is 11.8. The van der Waals surface area contributed by atoms with Gasteiger partial charge in [0.05, 0.1) is 6.04 Å². The van der Waals surface area contributed by atoms with Crippen molar-refractivity contribution in [2.24, 2.45) is 0 Å². The summed E-state index contributed by atoms with van der Waals surface area (Å²) in [6.07, 6.45) is 0.962. The second-order valence-corrected chi connectivity index (χ2v) is 6.19. The Balaban J connectivity index is 1.87. The summed E-state index contributed by atoms with van der Waals surface area (Å²) in [7, 11) is 0. The highest BCUT2D eigenvalue weighted by atomic mass is 32.1. The number of hydrogen-bond acceptors (Lipinski definition) is 3. The van der Waals surface area contributed by atoms with Crippen LogP contribution in [0, 0.1) is 0 Å². The summed E-state index contributed by atoms with van der Waals surface area (Å²) in [5, 5.41) is 6.17. The lowest BCUT2D eigenvalue weighted by molar-refractivity contribution is -0.122. The fraction of sp³-hybridized carbons (Fsp3) is 0.353. The lowest BCUT2D eigenvalue weighted by atomic mass is 10.2. The van der Waals surface area contributed by atoms with E-state index in [9.17, 15) is 4.79 Å². The summed E-state index contributed by atoms with van der Waals surface area (Å²) in [5.74, 6) is 0.0664. The Bertz CT molecular complexity index is 565. The summed E-state index contributed by atoms with van der Waals surface area (Å²) in [5.41, 5.74) is 1.24. The van der Waals surface area contributed by atoms with Crippen LogP contribution in [0.25, 0.3) is 10.4 Å². The molecule has 1 heterocycles. The molecule has 1 atom stereocenters. The van der Waals surface area contributed by atoms with E-state index in [2.05, 4.69) is 41.8 Å². The third-order valence-corrected chi connectivity index (χ3v) is 4.38. The van der Waals surface area contributed by atoms with E-state index >= 15 is 0 Å². The van der Waals surface area contributed by atoms with Crippen LogP contribution in [0.15, 0.2) is 42.5 Å². The van der Waals surface area contributed by atoms with E-state index in [1.165, 1.54) is 15.3 Å². The van der Waals surface area contributed by atoms with Crippen molar-refractivity contribution in [1.82, 2.24) is 10.6 Å².